The van der Waals surface area contributed by atoms with Crippen LogP contribution in [0, 0.1) is 0 Å². The molecule has 5 nitrogen and oxygen atoms in total. The number of carbonyl (C=O) groups is 1. The molecule has 0 bridgehead atoms. The van der Waals surface area contributed by atoms with Crippen molar-refractivity contribution in [2.45, 2.75) is 32.1 Å². The van der Waals surface area contributed by atoms with E-state index in [4.69, 9.17) is 9.97 Å². The number of carboxylic acid groups (broad SMARTS) is 1. The number of rotatable bonds is 5. The van der Waals surface area contributed by atoms with Crippen LogP contribution in [0.3, 0.4) is 0 Å². The lowest BCUT2D eigenvalue weighted by Gasteiger charge is -2.14. The monoisotopic (exact) mass is 415 g/mol. The Morgan fingerprint density at radius 3 is 2.70 bits per heavy atom. The van der Waals surface area contributed by atoms with Gasteiger partial charge >= 0.3 is 5.97 Å². The largest absolute Gasteiger partial charge is 0.478 e. The van der Waals surface area contributed by atoms with Gasteiger partial charge in [0.2, 0.25) is 0 Å². The lowest BCUT2D eigenvalue weighted by Crippen LogP contribution is -2.05. The SMILES string of the molecule is O=C(O)c1cccc(Nc2nc(Cc3ccccc3)nc3sc4c(c23)CCCC4)c1. The molecule has 2 aromatic heterocycles. The first-order chi connectivity index (χ1) is 14.7. The summed E-state index contributed by atoms with van der Waals surface area (Å²) in [4.78, 5) is 23.6. The lowest BCUT2D eigenvalue weighted by atomic mass is 9.97. The molecule has 0 saturated carbocycles. The van der Waals surface area contributed by atoms with E-state index in [9.17, 15) is 9.90 Å². The standard InChI is InChI=1S/C24H21N3O2S/c28-24(29)16-9-6-10-17(14-16)25-22-21-18-11-4-5-12-19(18)30-23(21)27-20(26-22)13-15-7-2-1-3-8-15/h1-3,6-10,14H,4-5,11-13H2,(H,28,29)(H,25,26,27). The van der Waals surface area contributed by atoms with Gasteiger partial charge in [0, 0.05) is 17.0 Å². The van der Waals surface area contributed by atoms with Crippen LogP contribution in [0.5, 0.6) is 0 Å². The molecule has 0 aliphatic heterocycles. The van der Waals surface area contributed by atoms with Crippen molar-refractivity contribution in [1.29, 1.82) is 0 Å². The summed E-state index contributed by atoms with van der Waals surface area (Å²) in [5.74, 6) is 0.598. The Bertz CT molecular complexity index is 1230. The average molecular weight is 416 g/mol. The summed E-state index contributed by atoms with van der Waals surface area (Å²) >= 11 is 1.77. The molecule has 5 rings (SSSR count). The lowest BCUT2D eigenvalue weighted by molar-refractivity contribution is 0.0697. The smallest absolute Gasteiger partial charge is 0.335 e. The maximum atomic E-state index is 11.4. The van der Waals surface area contributed by atoms with Gasteiger partial charge in [-0.2, -0.15) is 0 Å². The molecule has 150 valence electrons. The molecule has 0 saturated heterocycles. The molecular formula is C24H21N3O2S. The summed E-state index contributed by atoms with van der Waals surface area (Å²) in [6.45, 7) is 0. The maximum Gasteiger partial charge on any atom is 0.335 e. The highest BCUT2D eigenvalue weighted by Crippen LogP contribution is 2.39. The van der Waals surface area contributed by atoms with E-state index in [2.05, 4.69) is 17.4 Å². The molecule has 0 radical (unpaired) electrons. The minimum atomic E-state index is -0.941. The van der Waals surface area contributed by atoms with Gasteiger partial charge in [0.05, 0.1) is 10.9 Å². The van der Waals surface area contributed by atoms with Crippen LogP contribution in [0.4, 0.5) is 11.5 Å². The summed E-state index contributed by atoms with van der Waals surface area (Å²) in [7, 11) is 0. The van der Waals surface area contributed by atoms with Crippen LogP contribution in [-0.4, -0.2) is 21.0 Å². The molecule has 1 aliphatic rings. The van der Waals surface area contributed by atoms with E-state index in [0.29, 0.717) is 6.42 Å². The zero-order valence-corrected chi connectivity index (χ0v) is 17.2. The molecule has 1 aliphatic carbocycles. The Morgan fingerprint density at radius 2 is 1.87 bits per heavy atom. The predicted molar refractivity (Wildman–Crippen MR) is 120 cm³/mol. The summed E-state index contributed by atoms with van der Waals surface area (Å²) in [6.07, 6.45) is 5.19. The molecule has 30 heavy (non-hydrogen) atoms. The predicted octanol–water partition coefficient (Wildman–Crippen LogP) is 5.60. The summed E-state index contributed by atoms with van der Waals surface area (Å²) < 4.78 is 0. The third-order valence-electron chi connectivity index (χ3n) is 5.44. The van der Waals surface area contributed by atoms with E-state index >= 15 is 0 Å². The van der Waals surface area contributed by atoms with Crippen LogP contribution in [-0.2, 0) is 19.3 Å². The van der Waals surface area contributed by atoms with Crippen molar-refractivity contribution in [2.24, 2.45) is 0 Å². The van der Waals surface area contributed by atoms with Crippen LogP contribution < -0.4 is 5.32 Å². The van der Waals surface area contributed by atoms with Crippen molar-refractivity contribution in [2.75, 3.05) is 5.32 Å². The number of nitrogens with one attached hydrogen (secondary N) is 1. The Hall–Kier alpha value is -3.25. The van der Waals surface area contributed by atoms with Crippen molar-refractivity contribution in [1.82, 2.24) is 9.97 Å². The number of aromatic carboxylic acids is 1. The van der Waals surface area contributed by atoms with Crippen LogP contribution >= 0.6 is 11.3 Å². The number of fused-ring (bicyclic) bond motifs is 3. The number of carboxylic acids is 1. The van der Waals surface area contributed by atoms with E-state index in [-0.39, 0.29) is 5.56 Å². The fourth-order valence-corrected chi connectivity index (χ4v) is 5.30. The molecule has 2 aromatic carbocycles. The first-order valence-corrected chi connectivity index (χ1v) is 10.9. The van der Waals surface area contributed by atoms with Crippen molar-refractivity contribution < 1.29 is 9.90 Å². The number of thiophene rings is 1. The van der Waals surface area contributed by atoms with E-state index < -0.39 is 5.97 Å². The second-order valence-electron chi connectivity index (χ2n) is 7.55. The third kappa shape index (κ3) is 3.66. The number of aryl methyl sites for hydroxylation is 2. The average Bonchev–Trinajstić information content (AvgIpc) is 3.13. The Balaban J connectivity index is 1.61. The fourth-order valence-electron chi connectivity index (χ4n) is 4.02. The third-order valence-corrected chi connectivity index (χ3v) is 6.62. The minimum absolute atomic E-state index is 0.252. The quantitative estimate of drug-likeness (QED) is 0.444. The van der Waals surface area contributed by atoms with Crippen LogP contribution in [0.15, 0.2) is 54.6 Å². The van der Waals surface area contributed by atoms with Crippen molar-refractivity contribution in [3.05, 3.63) is 82.0 Å². The van der Waals surface area contributed by atoms with Crippen molar-refractivity contribution >= 4 is 39.0 Å². The number of benzene rings is 2. The van der Waals surface area contributed by atoms with Gasteiger partial charge in [-0.1, -0.05) is 36.4 Å². The van der Waals surface area contributed by atoms with Gasteiger partial charge in [-0.25, -0.2) is 14.8 Å². The van der Waals surface area contributed by atoms with E-state index in [1.807, 2.05) is 24.3 Å². The molecule has 0 amide bonds. The highest BCUT2D eigenvalue weighted by Gasteiger charge is 2.21. The van der Waals surface area contributed by atoms with Crippen molar-refractivity contribution in [3.8, 4) is 0 Å². The number of anilines is 2. The number of hydrogen-bond acceptors (Lipinski definition) is 5. The molecule has 0 fully saturated rings. The normalized spacial score (nSPS) is 13.2. The van der Waals surface area contributed by atoms with Crippen molar-refractivity contribution in [3.63, 3.8) is 0 Å². The summed E-state index contributed by atoms with van der Waals surface area (Å²) in [5.41, 5.74) is 3.49. The molecule has 2 heterocycles. The van der Waals surface area contributed by atoms with Crippen LogP contribution in [0.2, 0.25) is 0 Å². The first-order valence-electron chi connectivity index (χ1n) is 10.1. The molecular weight excluding hydrogens is 394 g/mol. The Kier molecular flexibility index (Phi) is 4.93. The van der Waals surface area contributed by atoms with Crippen LogP contribution in [0.1, 0.15) is 45.0 Å². The van der Waals surface area contributed by atoms with Crippen LogP contribution in [0.25, 0.3) is 10.2 Å². The van der Waals surface area contributed by atoms with E-state index in [1.165, 1.54) is 23.3 Å². The molecule has 0 unspecified atom stereocenters. The Labute approximate surface area is 178 Å². The minimum Gasteiger partial charge on any atom is -0.478 e. The molecule has 6 heteroatoms. The fraction of sp³-hybridized carbons (Fsp3) is 0.208. The maximum absolute atomic E-state index is 11.4. The van der Waals surface area contributed by atoms with Gasteiger partial charge in [-0.05, 0) is 55.0 Å². The number of hydrogen-bond donors (Lipinski definition) is 2. The van der Waals surface area contributed by atoms with Gasteiger partial charge in [-0.15, -0.1) is 11.3 Å². The van der Waals surface area contributed by atoms with Gasteiger partial charge in [0.1, 0.15) is 16.5 Å². The molecule has 0 spiro atoms. The zero-order valence-electron chi connectivity index (χ0n) is 16.4. The first kappa shape index (κ1) is 18.8. The topological polar surface area (TPSA) is 75.1 Å². The summed E-state index contributed by atoms with van der Waals surface area (Å²) in [6, 6.07) is 17.1. The number of nitrogens with zero attached hydrogens (tertiary/aromatic N) is 2. The van der Waals surface area contributed by atoms with E-state index in [0.717, 1.165) is 46.0 Å². The Morgan fingerprint density at radius 1 is 1.03 bits per heavy atom. The second-order valence-corrected chi connectivity index (χ2v) is 8.64. The number of aromatic nitrogens is 2. The summed E-state index contributed by atoms with van der Waals surface area (Å²) in [5, 5.41) is 13.8. The van der Waals surface area contributed by atoms with Gasteiger partial charge < -0.3 is 10.4 Å². The van der Waals surface area contributed by atoms with Gasteiger partial charge in [-0.3, -0.25) is 0 Å². The molecule has 0 atom stereocenters. The van der Waals surface area contributed by atoms with Gasteiger partial charge in [0.25, 0.3) is 0 Å². The van der Waals surface area contributed by atoms with Gasteiger partial charge in [0.15, 0.2) is 0 Å². The zero-order chi connectivity index (χ0) is 20.5. The highest BCUT2D eigenvalue weighted by molar-refractivity contribution is 7.19. The second kappa shape index (κ2) is 7.88. The molecule has 2 N–H and O–H groups in total. The molecule has 4 aromatic rings. The highest BCUT2D eigenvalue weighted by atomic mass is 32.1. The van der Waals surface area contributed by atoms with E-state index in [1.54, 1.807) is 29.5 Å².